The number of ether oxygens (including phenoxy) is 1. The normalized spacial score (nSPS) is 12.7. The van der Waals surface area contributed by atoms with Gasteiger partial charge in [0, 0.05) is 16.1 Å². The molecule has 108 valence electrons. The molecule has 0 heterocycles. The van der Waals surface area contributed by atoms with Crippen LogP contribution in [0.2, 0.25) is 0 Å². The van der Waals surface area contributed by atoms with E-state index >= 15 is 0 Å². The van der Waals surface area contributed by atoms with Crippen molar-refractivity contribution in [3.63, 3.8) is 0 Å². The van der Waals surface area contributed by atoms with Crippen molar-refractivity contribution in [3.8, 4) is 5.75 Å². The van der Waals surface area contributed by atoms with E-state index in [1.807, 2.05) is 13.0 Å². The lowest BCUT2D eigenvalue weighted by Gasteiger charge is -2.23. The minimum atomic E-state index is 0.360. The third-order valence-corrected chi connectivity index (χ3v) is 3.49. The zero-order chi connectivity index (χ0) is 14.3. The van der Waals surface area contributed by atoms with Gasteiger partial charge in [0.25, 0.3) is 0 Å². The van der Waals surface area contributed by atoms with Gasteiger partial charge in [-0.2, -0.15) is 0 Å². The first-order valence-corrected chi connectivity index (χ1v) is 8.03. The highest BCUT2D eigenvalue weighted by molar-refractivity contribution is 9.10. The molecule has 0 saturated heterocycles. The second-order valence-electron chi connectivity index (χ2n) is 5.25. The number of rotatable bonds is 8. The fraction of sp³-hybridized carbons (Fsp3) is 0.625. The van der Waals surface area contributed by atoms with Crippen LogP contribution < -0.4 is 10.1 Å². The van der Waals surface area contributed by atoms with Gasteiger partial charge in [-0.25, -0.2) is 0 Å². The van der Waals surface area contributed by atoms with Crippen molar-refractivity contribution >= 4 is 15.9 Å². The molecule has 1 aromatic rings. The molecule has 0 aromatic heterocycles. The van der Waals surface area contributed by atoms with Gasteiger partial charge in [0.15, 0.2) is 0 Å². The van der Waals surface area contributed by atoms with Gasteiger partial charge in [-0.1, -0.05) is 36.7 Å². The summed E-state index contributed by atoms with van der Waals surface area (Å²) in [5.74, 6) is 1.66. The summed E-state index contributed by atoms with van der Waals surface area (Å²) in [7, 11) is 0. The molecule has 2 nitrogen and oxygen atoms in total. The number of nitrogens with one attached hydrogen (secondary N) is 1. The van der Waals surface area contributed by atoms with Gasteiger partial charge in [0.1, 0.15) is 5.75 Å². The van der Waals surface area contributed by atoms with Crippen molar-refractivity contribution in [1.82, 2.24) is 5.32 Å². The van der Waals surface area contributed by atoms with Crippen LogP contribution in [0.4, 0.5) is 0 Å². The first kappa shape index (κ1) is 16.5. The van der Waals surface area contributed by atoms with E-state index in [4.69, 9.17) is 4.74 Å². The lowest BCUT2D eigenvalue weighted by atomic mass is 9.96. The predicted octanol–water partition coefficient (Wildman–Crippen LogP) is 4.93. The number of hydrogen-bond acceptors (Lipinski definition) is 2. The highest BCUT2D eigenvalue weighted by Gasteiger charge is 2.17. The molecule has 0 aliphatic heterocycles. The fourth-order valence-electron chi connectivity index (χ4n) is 2.19. The largest absolute Gasteiger partial charge is 0.494 e. The lowest BCUT2D eigenvalue weighted by molar-refractivity contribution is 0.326. The van der Waals surface area contributed by atoms with Crippen molar-refractivity contribution in [2.45, 2.75) is 46.6 Å². The molecule has 19 heavy (non-hydrogen) atoms. The van der Waals surface area contributed by atoms with Crippen LogP contribution in [0, 0.1) is 5.92 Å². The van der Waals surface area contributed by atoms with Crippen molar-refractivity contribution in [2.24, 2.45) is 5.92 Å². The van der Waals surface area contributed by atoms with Crippen molar-refractivity contribution in [2.75, 3.05) is 13.2 Å². The summed E-state index contributed by atoms with van der Waals surface area (Å²) in [6, 6.07) is 6.64. The molecule has 0 aliphatic rings. The van der Waals surface area contributed by atoms with E-state index in [1.54, 1.807) is 0 Å². The van der Waals surface area contributed by atoms with E-state index in [-0.39, 0.29) is 0 Å². The Morgan fingerprint density at radius 1 is 1.26 bits per heavy atom. The summed E-state index contributed by atoms with van der Waals surface area (Å²) < 4.78 is 6.88. The number of hydrogen-bond donors (Lipinski definition) is 1. The van der Waals surface area contributed by atoms with Gasteiger partial charge in [-0.15, -0.1) is 0 Å². The quantitative estimate of drug-likeness (QED) is 0.730. The third kappa shape index (κ3) is 5.53. The molecule has 1 rings (SSSR count). The second kappa shape index (κ2) is 8.60. The zero-order valence-corrected chi connectivity index (χ0v) is 14.1. The Bertz CT molecular complexity index is 379. The van der Waals surface area contributed by atoms with Gasteiger partial charge in [-0.05, 0) is 50.4 Å². The van der Waals surface area contributed by atoms with Crippen molar-refractivity contribution in [1.29, 1.82) is 0 Å². The van der Waals surface area contributed by atoms with Gasteiger partial charge >= 0.3 is 0 Å². The summed E-state index contributed by atoms with van der Waals surface area (Å²) in [4.78, 5) is 0. The molecule has 1 atom stereocenters. The Labute approximate surface area is 126 Å². The highest BCUT2D eigenvalue weighted by atomic mass is 79.9. The molecule has 0 fully saturated rings. The first-order valence-electron chi connectivity index (χ1n) is 7.24. The maximum absolute atomic E-state index is 5.77. The Morgan fingerprint density at radius 2 is 2.00 bits per heavy atom. The van der Waals surface area contributed by atoms with Crippen LogP contribution in [0.5, 0.6) is 5.75 Å². The predicted molar refractivity (Wildman–Crippen MR) is 85.8 cm³/mol. The molecular formula is C16H26BrNO. The monoisotopic (exact) mass is 327 g/mol. The van der Waals surface area contributed by atoms with E-state index in [9.17, 15) is 0 Å². The van der Waals surface area contributed by atoms with E-state index in [2.05, 4.69) is 54.2 Å². The van der Waals surface area contributed by atoms with Crippen LogP contribution >= 0.6 is 15.9 Å². The highest BCUT2D eigenvalue weighted by Crippen LogP contribution is 2.32. The number of benzene rings is 1. The molecule has 0 spiro atoms. The van der Waals surface area contributed by atoms with E-state index in [1.165, 1.54) is 5.56 Å². The summed E-state index contributed by atoms with van der Waals surface area (Å²) in [5.41, 5.74) is 1.26. The minimum Gasteiger partial charge on any atom is -0.494 e. The van der Waals surface area contributed by atoms with Crippen molar-refractivity contribution in [3.05, 3.63) is 28.2 Å². The SMILES string of the molecule is CCCNC(CC(C)C)c1cc(Br)ccc1OCC. The molecule has 0 aliphatic carbocycles. The Morgan fingerprint density at radius 3 is 2.58 bits per heavy atom. The molecule has 1 aromatic carbocycles. The summed E-state index contributed by atoms with van der Waals surface area (Å²) in [6.45, 7) is 10.5. The van der Waals surface area contributed by atoms with E-state index < -0.39 is 0 Å². The van der Waals surface area contributed by atoms with Gasteiger partial charge < -0.3 is 10.1 Å². The zero-order valence-electron chi connectivity index (χ0n) is 12.5. The molecular weight excluding hydrogens is 302 g/mol. The Balaban J connectivity index is 3.00. The molecule has 0 bridgehead atoms. The average Bonchev–Trinajstić information content (AvgIpc) is 2.36. The van der Waals surface area contributed by atoms with Crippen LogP contribution in [0.25, 0.3) is 0 Å². The van der Waals surface area contributed by atoms with E-state index in [0.29, 0.717) is 18.6 Å². The molecule has 1 unspecified atom stereocenters. The van der Waals surface area contributed by atoms with Gasteiger partial charge in [0.2, 0.25) is 0 Å². The Kier molecular flexibility index (Phi) is 7.47. The molecule has 0 amide bonds. The maximum Gasteiger partial charge on any atom is 0.124 e. The van der Waals surface area contributed by atoms with E-state index in [0.717, 1.165) is 29.6 Å². The fourth-order valence-corrected chi connectivity index (χ4v) is 2.57. The summed E-state index contributed by atoms with van der Waals surface area (Å²) in [6.07, 6.45) is 2.27. The maximum atomic E-state index is 5.77. The average molecular weight is 328 g/mol. The van der Waals surface area contributed by atoms with Crippen LogP contribution in [-0.4, -0.2) is 13.2 Å². The van der Waals surface area contributed by atoms with Crippen LogP contribution in [0.1, 0.15) is 52.1 Å². The topological polar surface area (TPSA) is 21.3 Å². The van der Waals surface area contributed by atoms with Crippen LogP contribution in [0.3, 0.4) is 0 Å². The van der Waals surface area contributed by atoms with Gasteiger partial charge in [0.05, 0.1) is 6.61 Å². The van der Waals surface area contributed by atoms with Crippen LogP contribution in [-0.2, 0) is 0 Å². The molecule has 0 saturated carbocycles. The standard InChI is InChI=1S/C16H26BrNO/c1-5-9-18-15(10-12(3)4)14-11-13(17)7-8-16(14)19-6-2/h7-8,11-12,15,18H,5-6,9-10H2,1-4H3. The summed E-state index contributed by atoms with van der Waals surface area (Å²) >= 11 is 3.57. The van der Waals surface area contributed by atoms with Crippen molar-refractivity contribution < 1.29 is 4.74 Å². The molecule has 0 radical (unpaired) electrons. The Hall–Kier alpha value is -0.540. The second-order valence-corrected chi connectivity index (χ2v) is 6.17. The smallest absolute Gasteiger partial charge is 0.124 e. The molecule has 1 N–H and O–H groups in total. The summed E-state index contributed by atoms with van der Waals surface area (Å²) in [5, 5.41) is 3.64. The third-order valence-electron chi connectivity index (χ3n) is 2.99. The number of halogens is 1. The van der Waals surface area contributed by atoms with Crippen LogP contribution in [0.15, 0.2) is 22.7 Å². The lowest BCUT2D eigenvalue weighted by Crippen LogP contribution is -2.24. The molecule has 3 heteroatoms. The first-order chi connectivity index (χ1) is 9.08. The minimum absolute atomic E-state index is 0.360. The van der Waals surface area contributed by atoms with Gasteiger partial charge in [-0.3, -0.25) is 0 Å².